The smallest absolute Gasteiger partial charge is 0.115 e. The molecular weight excluding hydrogens is 320 g/mol. The lowest BCUT2D eigenvalue weighted by atomic mass is 9.97. The van der Waals surface area contributed by atoms with Crippen molar-refractivity contribution in [3.05, 3.63) is 88.7 Å². The van der Waals surface area contributed by atoms with Gasteiger partial charge in [-0.15, -0.1) is 0 Å². The normalized spacial score (nSPS) is 17.7. The van der Waals surface area contributed by atoms with E-state index in [0.717, 1.165) is 31.6 Å². The SMILES string of the molecule is Cc1ccc(C2c3cccn3CCCN2Cc2cccc(O)c2)cc1C. The Morgan fingerprint density at radius 3 is 2.65 bits per heavy atom. The molecule has 1 aliphatic rings. The lowest BCUT2D eigenvalue weighted by Gasteiger charge is -2.31. The lowest BCUT2D eigenvalue weighted by molar-refractivity contribution is 0.220. The van der Waals surface area contributed by atoms with E-state index in [1.54, 1.807) is 6.07 Å². The Balaban J connectivity index is 1.76. The van der Waals surface area contributed by atoms with Gasteiger partial charge in [-0.05, 0) is 66.8 Å². The molecule has 0 radical (unpaired) electrons. The zero-order chi connectivity index (χ0) is 18.1. The second-order valence-electron chi connectivity index (χ2n) is 7.37. The molecule has 1 atom stereocenters. The Hall–Kier alpha value is -2.52. The fourth-order valence-corrected chi connectivity index (χ4v) is 4.02. The molecule has 0 amide bonds. The number of phenolic OH excluding ortho intramolecular Hbond substituents is 1. The van der Waals surface area contributed by atoms with Crippen molar-refractivity contribution >= 4 is 0 Å². The maximum atomic E-state index is 9.85. The predicted octanol–water partition coefficient (Wildman–Crippen LogP) is 4.81. The van der Waals surface area contributed by atoms with Crippen molar-refractivity contribution in [2.24, 2.45) is 0 Å². The second kappa shape index (κ2) is 7.00. The zero-order valence-electron chi connectivity index (χ0n) is 15.5. The van der Waals surface area contributed by atoms with Gasteiger partial charge in [0.05, 0.1) is 6.04 Å². The number of phenols is 1. The minimum Gasteiger partial charge on any atom is -0.508 e. The van der Waals surface area contributed by atoms with Gasteiger partial charge < -0.3 is 9.67 Å². The third-order valence-corrected chi connectivity index (χ3v) is 5.50. The van der Waals surface area contributed by atoms with Crippen LogP contribution in [0.2, 0.25) is 0 Å². The average molecular weight is 346 g/mol. The number of aromatic hydroxyl groups is 1. The molecule has 26 heavy (non-hydrogen) atoms. The van der Waals surface area contributed by atoms with Gasteiger partial charge in [0.1, 0.15) is 5.75 Å². The summed E-state index contributed by atoms with van der Waals surface area (Å²) in [6.45, 7) is 7.28. The number of aromatic nitrogens is 1. The van der Waals surface area contributed by atoms with Crippen LogP contribution in [0.25, 0.3) is 0 Å². The Labute approximate surface area is 155 Å². The van der Waals surface area contributed by atoms with E-state index < -0.39 is 0 Å². The highest BCUT2D eigenvalue weighted by Crippen LogP contribution is 2.34. The quantitative estimate of drug-likeness (QED) is 0.737. The van der Waals surface area contributed by atoms with Gasteiger partial charge in [0.25, 0.3) is 0 Å². The third-order valence-electron chi connectivity index (χ3n) is 5.50. The molecule has 1 aromatic heterocycles. The van der Waals surface area contributed by atoms with Crippen molar-refractivity contribution < 1.29 is 5.11 Å². The van der Waals surface area contributed by atoms with Gasteiger partial charge in [-0.1, -0.05) is 30.3 Å². The van der Waals surface area contributed by atoms with Crippen LogP contribution in [0.15, 0.2) is 60.8 Å². The molecule has 0 aliphatic carbocycles. The Morgan fingerprint density at radius 1 is 0.962 bits per heavy atom. The van der Waals surface area contributed by atoms with Gasteiger partial charge in [-0.25, -0.2) is 0 Å². The zero-order valence-corrected chi connectivity index (χ0v) is 15.5. The Morgan fingerprint density at radius 2 is 1.85 bits per heavy atom. The first kappa shape index (κ1) is 16.9. The van der Waals surface area contributed by atoms with Gasteiger partial charge >= 0.3 is 0 Å². The molecule has 3 heteroatoms. The van der Waals surface area contributed by atoms with Gasteiger partial charge in [-0.2, -0.15) is 0 Å². The van der Waals surface area contributed by atoms with Crippen molar-refractivity contribution in [3.63, 3.8) is 0 Å². The fraction of sp³-hybridized carbons (Fsp3) is 0.304. The van der Waals surface area contributed by atoms with Crippen LogP contribution < -0.4 is 0 Å². The summed E-state index contributed by atoms with van der Waals surface area (Å²) < 4.78 is 2.39. The fourth-order valence-electron chi connectivity index (χ4n) is 4.02. The standard InChI is InChI=1S/C23H26N2O/c1-17-9-10-20(14-18(17)2)23-22-8-4-11-24(22)12-5-13-25(23)16-19-6-3-7-21(26)15-19/h3-4,6-11,14-15,23,26H,5,12-13,16H2,1-2H3. The maximum absolute atomic E-state index is 9.85. The van der Waals surface area contributed by atoms with E-state index in [4.69, 9.17) is 0 Å². The molecule has 3 nitrogen and oxygen atoms in total. The number of hydrogen-bond donors (Lipinski definition) is 1. The lowest BCUT2D eigenvalue weighted by Crippen LogP contribution is -2.29. The van der Waals surface area contributed by atoms with Crippen molar-refractivity contribution in [2.75, 3.05) is 6.54 Å². The Bertz CT molecular complexity index is 912. The van der Waals surface area contributed by atoms with Gasteiger partial charge in [0.2, 0.25) is 0 Å². The van der Waals surface area contributed by atoms with E-state index in [0.29, 0.717) is 5.75 Å². The molecule has 1 aliphatic heterocycles. The molecule has 0 saturated carbocycles. The highest BCUT2D eigenvalue weighted by molar-refractivity contribution is 5.37. The molecule has 1 unspecified atom stereocenters. The number of hydrogen-bond acceptors (Lipinski definition) is 2. The van der Waals surface area contributed by atoms with Crippen LogP contribution in [-0.4, -0.2) is 21.1 Å². The molecule has 0 bridgehead atoms. The minimum atomic E-state index is 0.231. The molecule has 134 valence electrons. The van der Waals surface area contributed by atoms with Crippen LogP contribution in [0.5, 0.6) is 5.75 Å². The summed E-state index contributed by atoms with van der Waals surface area (Å²) in [6, 6.07) is 19.1. The topological polar surface area (TPSA) is 28.4 Å². The van der Waals surface area contributed by atoms with Gasteiger partial charge in [-0.3, -0.25) is 4.90 Å². The van der Waals surface area contributed by atoms with Crippen LogP contribution in [0, 0.1) is 13.8 Å². The number of nitrogens with zero attached hydrogens (tertiary/aromatic N) is 2. The second-order valence-corrected chi connectivity index (χ2v) is 7.37. The number of aryl methyl sites for hydroxylation is 3. The summed E-state index contributed by atoms with van der Waals surface area (Å²) in [7, 11) is 0. The Kier molecular flexibility index (Phi) is 4.56. The van der Waals surface area contributed by atoms with Crippen LogP contribution in [0.3, 0.4) is 0 Å². The van der Waals surface area contributed by atoms with Crippen molar-refractivity contribution in [1.82, 2.24) is 9.47 Å². The van der Waals surface area contributed by atoms with Gasteiger partial charge in [0.15, 0.2) is 0 Å². The molecule has 0 saturated heterocycles. The predicted molar refractivity (Wildman–Crippen MR) is 105 cm³/mol. The van der Waals surface area contributed by atoms with E-state index in [1.807, 2.05) is 12.1 Å². The summed E-state index contributed by atoms with van der Waals surface area (Å²) in [5.41, 5.74) is 6.51. The van der Waals surface area contributed by atoms with Crippen LogP contribution >= 0.6 is 0 Å². The summed E-state index contributed by atoms with van der Waals surface area (Å²) >= 11 is 0. The van der Waals surface area contributed by atoms with Gasteiger partial charge in [0, 0.05) is 31.5 Å². The summed E-state index contributed by atoms with van der Waals surface area (Å²) in [5, 5.41) is 9.85. The monoisotopic (exact) mass is 346 g/mol. The van der Waals surface area contributed by atoms with Crippen molar-refractivity contribution in [3.8, 4) is 5.75 Å². The van der Waals surface area contributed by atoms with E-state index in [1.165, 1.54) is 22.4 Å². The molecule has 4 rings (SSSR count). The minimum absolute atomic E-state index is 0.231. The molecule has 1 N–H and O–H groups in total. The van der Waals surface area contributed by atoms with E-state index in [9.17, 15) is 5.11 Å². The largest absolute Gasteiger partial charge is 0.508 e. The average Bonchev–Trinajstić information content (AvgIpc) is 3.00. The first-order valence-electron chi connectivity index (χ1n) is 9.36. The molecular formula is C23H26N2O. The number of rotatable bonds is 3. The highest BCUT2D eigenvalue weighted by atomic mass is 16.3. The third kappa shape index (κ3) is 3.27. The van der Waals surface area contributed by atoms with Crippen LogP contribution in [0.1, 0.15) is 40.4 Å². The molecule has 0 spiro atoms. The van der Waals surface area contributed by atoms with Crippen molar-refractivity contribution in [2.45, 2.75) is 39.4 Å². The maximum Gasteiger partial charge on any atom is 0.115 e. The molecule has 3 aromatic rings. The highest BCUT2D eigenvalue weighted by Gasteiger charge is 2.27. The van der Waals surface area contributed by atoms with E-state index in [2.05, 4.69) is 65.9 Å². The molecule has 2 heterocycles. The van der Waals surface area contributed by atoms with E-state index >= 15 is 0 Å². The summed E-state index contributed by atoms with van der Waals surface area (Å²) in [6.07, 6.45) is 3.32. The first-order chi connectivity index (χ1) is 12.6. The number of benzene rings is 2. The number of fused-ring (bicyclic) bond motifs is 1. The van der Waals surface area contributed by atoms with E-state index in [-0.39, 0.29) is 6.04 Å². The molecule has 0 fully saturated rings. The van der Waals surface area contributed by atoms with Crippen LogP contribution in [0.4, 0.5) is 0 Å². The summed E-state index contributed by atoms with van der Waals surface area (Å²) in [4.78, 5) is 2.54. The van der Waals surface area contributed by atoms with Crippen LogP contribution in [-0.2, 0) is 13.1 Å². The first-order valence-corrected chi connectivity index (χ1v) is 9.36. The molecule has 2 aromatic carbocycles. The van der Waals surface area contributed by atoms with Crippen molar-refractivity contribution in [1.29, 1.82) is 0 Å². The summed E-state index contributed by atoms with van der Waals surface area (Å²) in [5.74, 6) is 0.337.